The third-order valence-electron chi connectivity index (χ3n) is 3.65. The van der Waals surface area contributed by atoms with Gasteiger partial charge in [-0.15, -0.1) is 0 Å². The summed E-state index contributed by atoms with van der Waals surface area (Å²) in [6, 6.07) is 16.4. The lowest BCUT2D eigenvalue weighted by Crippen LogP contribution is -2.18. The first kappa shape index (κ1) is 15.3. The number of rotatable bonds is 6. The van der Waals surface area contributed by atoms with Crippen LogP contribution < -0.4 is 5.32 Å². The van der Waals surface area contributed by atoms with Crippen LogP contribution in [0, 0.1) is 6.92 Å². The minimum Gasteiger partial charge on any atom is -0.481 e. The van der Waals surface area contributed by atoms with Gasteiger partial charge in [0.05, 0.1) is 6.42 Å². The average molecular weight is 283 g/mol. The maximum absolute atomic E-state index is 10.6. The summed E-state index contributed by atoms with van der Waals surface area (Å²) >= 11 is 0. The molecule has 2 N–H and O–H groups in total. The molecule has 2 rings (SSSR count). The van der Waals surface area contributed by atoms with Crippen LogP contribution in [0.4, 0.5) is 0 Å². The molecule has 0 aliphatic carbocycles. The van der Waals surface area contributed by atoms with E-state index in [0.29, 0.717) is 0 Å². The molecule has 110 valence electrons. The lowest BCUT2D eigenvalue weighted by Gasteiger charge is -2.16. The maximum Gasteiger partial charge on any atom is 0.307 e. The van der Waals surface area contributed by atoms with Crippen LogP contribution in [-0.4, -0.2) is 11.1 Å². The Morgan fingerprint density at radius 2 is 1.71 bits per heavy atom. The smallest absolute Gasteiger partial charge is 0.307 e. The van der Waals surface area contributed by atoms with Crippen LogP contribution in [0.1, 0.15) is 35.2 Å². The Kier molecular flexibility index (Phi) is 5.12. The molecule has 0 saturated heterocycles. The van der Waals surface area contributed by atoms with Crippen molar-refractivity contribution in [1.29, 1.82) is 0 Å². The molecule has 0 aliphatic heterocycles. The van der Waals surface area contributed by atoms with Crippen LogP contribution in [-0.2, 0) is 17.8 Å². The van der Waals surface area contributed by atoms with Gasteiger partial charge < -0.3 is 10.4 Å². The monoisotopic (exact) mass is 283 g/mol. The second-order valence-corrected chi connectivity index (χ2v) is 5.35. The van der Waals surface area contributed by atoms with E-state index in [-0.39, 0.29) is 12.5 Å². The molecule has 3 heteroatoms. The summed E-state index contributed by atoms with van der Waals surface area (Å²) in [6.45, 7) is 5.04. The third kappa shape index (κ3) is 4.43. The van der Waals surface area contributed by atoms with E-state index in [0.717, 1.165) is 17.7 Å². The van der Waals surface area contributed by atoms with Crippen molar-refractivity contribution in [2.75, 3.05) is 0 Å². The Morgan fingerprint density at radius 3 is 2.33 bits per heavy atom. The molecule has 0 fully saturated rings. The number of carboxylic acid groups (broad SMARTS) is 1. The van der Waals surface area contributed by atoms with E-state index in [2.05, 4.69) is 37.4 Å². The van der Waals surface area contributed by atoms with E-state index in [4.69, 9.17) is 5.11 Å². The molecule has 0 radical (unpaired) electrons. The zero-order valence-electron chi connectivity index (χ0n) is 12.5. The van der Waals surface area contributed by atoms with Crippen molar-refractivity contribution < 1.29 is 9.90 Å². The fraction of sp³-hybridized carbons (Fsp3) is 0.278. The number of benzene rings is 2. The molecular weight excluding hydrogens is 262 g/mol. The quantitative estimate of drug-likeness (QED) is 0.853. The average Bonchev–Trinajstić information content (AvgIpc) is 2.46. The van der Waals surface area contributed by atoms with Gasteiger partial charge in [0.25, 0.3) is 0 Å². The Morgan fingerprint density at radius 1 is 1.10 bits per heavy atom. The predicted molar refractivity (Wildman–Crippen MR) is 84.2 cm³/mol. The standard InChI is InChI=1S/C18H21NO2/c1-13-5-3-4-6-17(13)14(2)19-12-16-9-7-15(8-10-16)11-18(20)21/h3-10,14,19H,11-12H2,1-2H3,(H,20,21)/t14-/m1/s1. The SMILES string of the molecule is Cc1ccccc1[C@@H](C)NCc1ccc(CC(=O)O)cc1. The zero-order chi connectivity index (χ0) is 15.2. The van der Waals surface area contributed by atoms with Crippen LogP contribution in [0.15, 0.2) is 48.5 Å². The first-order valence-electron chi connectivity index (χ1n) is 7.15. The second kappa shape index (κ2) is 7.04. The highest BCUT2D eigenvalue weighted by Crippen LogP contribution is 2.17. The molecule has 3 nitrogen and oxygen atoms in total. The van der Waals surface area contributed by atoms with Crippen LogP contribution in [0.2, 0.25) is 0 Å². The number of hydrogen-bond acceptors (Lipinski definition) is 2. The number of carbonyl (C=O) groups is 1. The van der Waals surface area contributed by atoms with E-state index in [1.54, 1.807) is 0 Å². The van der Waals surface area contributed by atoms with Crippen molar-refractivity contribution in [1.82, 2.24) is 5.32 Å². The van der Waals surface area contributed by atoms with Crippen molar-refractivity contribution in [3.63, 3.8) is 0 Å². The van der Waals surface area contributed by atoms with Gasteiger partial charge in [-0.1, -0.05) is 48.5 Å². The van der Waals surface area contributed by atoms with E-state index >= 15 is 0 Å². The van der Waals surface area contributed by atoms with Gasteiger partial charge in [-0.25, -0.2) is 0 Å². The minimum absolute atomic E-state index is 0.0767. The molecule has 0 spiro atoms. The molecule has 21 heavy (non-hydrogen) atoms. The van der Waals surface area contributed by atoms with Gasteiger partial charge in [-0.3, -0.25) is 4.79 Å². The van der Waals surface area contributed by atoms with Gasteiger partial charge >= 0.3 is 5.97 Å². The molecule has 0 aromatic heterocycles. The largest absolute Gasteiger partial charge is 0.481 e. The molecule has 2 aromatic rings. The predicted octanol–water partition coefficient (Wildman–Crippen LogP) is 3.47. The van der Waals surface area contributed by atoms with Gasteiger partial charge in [0.15, 0.2) is 0 Å². The first-order valence-corrected chi connectivity index (χ1v) is 7.15. The summed E-state index contributed by atoms with van der Waals surface area (Å²) in [4.78, 5) is 10.6. The maximum atomic E-state index is 10.6. The second-order valence-electron chi connectivity index (χ2n) is 5.35. The van der Waals surface area contributed by atoms with Gasteiger partial charge in [-0.2, -0.15) is 0 Å². The number of aryl methyl sites for hydroxylation is 1. The lowest BCUT2D eigenvalue weighted by atomic mass is 10.0. The highest BCUT2D eigenvalue weighted by Gasteiger charge is 2.07. The Hall–Kier alpha value is -2.13. The number of nitrogens with one attached hydrogen (secondary N) is 1. The van der Waals surface area contributed by atoms with Crippen LogP contribution in [0.3, 0.4) is 0 Å². The molecule has 0 bridgehead atoms. The van der Waals surface area contributed by atoms with Crippen molar-refractivity contribution in [2.24, 2.45) is 0 Å². The summed E-state index contributed by atoms with van der Waals surface area (Å²) in [5, 5.41) is 12.3. The molecular formula is C18H21NO2. The summed E-state index contributed by atoms with van der Waals surface area (Å²) in [7, 11) is 0. The van der Waals surface area contributed by atoms with E-state index in [1.165, 1.54) is 11.1 Å². The molecule has 0 heterocycles. The number of hydrogen-bond donors (Lipinski definition) is 2. The van der Waals surface area contributed by atoms with Gasteiger partial charge in [0.1, 0.15) is 0 Å². The van der Waals surface area contributed by atoms with Gasteiger partial charge in [0.2, 0.25) is 0 Å². The van der Waals surface area contributed by atoms with E-state index in [1.807, 2.05) is 30.3 Å². The molecule has 1 atom stereocenters. The van der Waals surface area contributed by atoms with E-state index in [9.17, 15) is 4.79 Å². The van der Waals surface area contributed by atoms with Gasteiger partial charge in [0, 0.05) is 12.6 Å². The third-order valence-corrected chi connectivity index (χ3v) is 3.65. The normalized spacial score (nSPS) is 12.1. The summed E-state index contributed by atoms with van der Waals surface area (Å²) in [5.74, 6) is -0.797. The molecule has 0 aliphatic rings. The Bertz CT molecular complexity index is 605. The van der Waals surface area contributed by atoms with Crippen molar-refractivity contribution in [2.45, 2.75) is 32.9 Å². The fourth-order valence-electron chi connectivity index (χ4n) is 2.40. The summed E-state index contributed by atoms with van der Waals surface area (Å²) in [6.07, 6.45) is 0.0767. The molecule has 0 saturated carbocycles. The zero-order valence-corrected chi connectivity index (χ0v) is 12.5. The van der Waals surface area contributed by atoms with Crippen molar-refractivity contribution in [3.05, 3.63) is 70.8 Å². The number of aliphatic carboxylic acids is 1. The molecule has 2 aromatic carbocycles. The number of carboxylic acids is 1. The summed E-state index contributed by atoms with van der Waals surface area (Å²) < 4.78 is 0. The minimum atomic E-state index is -0.797. The topological polar surface area (TPSA) is 49.3 Å². The lowest BCUT2D eigenvalue weighted by molar-refractivity contribution is -0.136. The van der Waals surface area contributed by atoms with Gasteiger partial charge in [-0.05, 0) is 36.1 Å². The van der Waals surface area contributed by atoms with Crippen LogP contribution in [0.25, 0.3) is 0 Å². The highest BCUT2D eigenvalue weighted by atomic mass is 16.4. The first-order chi connectivity index (χ1) is 10.1. The van der Waals surface area contributed by atoms with Crippen LogP contribution in [0.5, 0.6) is 0 Å². The van der Waals surface area contributed by atoms with Crippen molar-refractivity contribution >= 4 is 5.97 Å². The van der Waals surface area contributed by atoms with E-state index < -0.39 is 5.97 Å². The molecule has 0 unspecified atom stereocenters. The molecule has 0 amide bonds. The van der Waals surface area contributed by atoms with Crippen LogP contribution >= 0.6 is 0 Å². The summed E-state index contributed by atoms with van der Waals surface area (Å²) in [5.41, 5.74) is 4.58. The Balaban J connectivity index is 1.94. The Labute approximate surface area is 125 Å². The fourth-order valence-corrected chi connectivity index (χ4v) is 2.40. The highest BCUT2D eigenvalue weighted by molar-refractivity contribution is 5.70. The van der Waals surface area contributed by atoms with Crippen molar-refractivity contribution in [3.8, 4) is 0 Å².